The number of hydrogen-bond acceptors (Lipinski definition) is 4. The van der Waals surface area contributed by atoms with Gasteiger partial charge in [0.1, 0.15) is 17.1 Å². The Hall–Kier alpha value is -2.98. The maximum atomic E-state index is 14.8. The zero-order chi connectivity index (χ0) is 24.1. The van der Waals surface area contributed by atoms with E-state index in [0.717, 1.165) is 18.2 Å². The van der Waals surface area contributed by atoms with E-state index in [4.69, 9.17) is 11.6 Å². The molecular weight excluding hydrogens is 468 g/mol. The van der Waals surface area contributed by atoms with Crippen molar-refractivity contribution in [1.29, 1.82) is 0 Å². The molecule has 0 spiro atoms. The summed E-state index contributed by atoms with van der Waals surface area (Å²) in [6.45, 7) is 0. The molecule has 0 unspecified atom stereocenters. The average Bonchev–Trinajstić information content (AvgIpc) is 3.15. The van der Waals surface area contributed by atoms with Crippen molar-refractivity contribution in [2.75, 3.05) is 0 Å². The smallest absolute Gasteiger partial charge is 0.417 e. The molecule has 0 atom stereocenters. The molecule has 0 saturated heterocycles. The number of carbonyl (C=O) groups excluding carboxylic acids is 1. The lowest BCUT2D eigenvalue weighted by Crippen LogP contribution is -2.34. The largest absolute Gasteiger partial charge is 0.481 e. The molecule has 11 heteroatoms. The molecule has 1 aliphatic rings. The van der Waals surface area contributed by atoms with Gasteiger partial charge in [0.2, 0.25) is 0 Å². The number of nitrogens with zero attached hydrogens (tertiary/aromatic N) is 2. The molecule has 0 radical (unpaired) electrons. The number of alkyl halides is 3. The summed E-state index contributed by atoms with van der Waals surface area (Å²) in [7, 11) is 0. The van der Waals surface area contributed by atoms with Crippen molar-refractivity contribution in [3.63, 3.8) is 0 Å². The van der Waals surface area contributed by atoms with Gasteiger partial charge >= 0.3 is 12.1 Å². The van der Waals surface area contributed by atoms with E-state index in [0.29, 0.717) is 10.7 Å². The quantitative estimate of drug-likeness (QED) is 0.510. The molecule has 1 saturated carbocycles. The van der Waals surface area contributed by atoms with Crippen LogP contribution in [0.2, 0.25) is 5.02 Å². The minimum Gasteiger partial charge on any atom is -0.481 e. The molecule has 6 nitrogen and oxygen atoms in total. The highest BCUT2D eigenvalue weighted by molar-refractivity contribution is 6.34. The number of aliphatic hydroxyl groups is 1. The molecule has 33 heavy (non-hydrogen) atoms. The Kier molecular flexibility index (Phi) is 5.69. The van der Waals surface area contributed by atoms with Gasteiger partial charge in [-0.05, 0) is 49.9 Å². The van der Waals surface area contributed by atoms with E-state index < -0.39 is 51.5 Å². The second kappa shape index (κ2) is 8.11. The number of rotatable bonds is 3. The van der Waals surface area contributed by atoms with Gasteiger partial charge in [0.15, 0.2) is 0 Å². The van der Waals surface area contributed by atoms with Gasteiger partial charge in [0.25, 0.3) is 5.91 Å². The Labute approximate surface area is 189 Å². The molecule has 0 aliphatic heterocycles. The van der Waals surface area contributed by atoms with Crippen molar-refractivity contribution >= 4 is 34.4 Å². The summed E-state index contributed by atoms with van der Waals surface area (Å²) in [5, 5.41) is 23.8. The van der Waals surface area contributed by atoms with Gasteiger partial charge in [0, 0.05) is 0 Å². The van der Waals surface area contributed by atoms with Crippen molar-refractivity contribution in [2.24, 2.45) is 5.92 Å². The average molecular weight is 485 g/mol. The van der Waals surface area contributed by atoms with Crippen LogP contribution in [0.3, 0.4) is 0 Å². The fraction of sp³-hybridized carbons (Fsp3) is 0.318. The minimum atomic E-state index is -4.89. The lowest BCUT2D eigenvalue weighted by molar-refractivity contribution is -0.145. The molecule has 1 heterocycles. The van der Waals surface area contributed by atoms with E-state index in [1.165, 1.54) is 12.1 Å². The van der Waals surface area contributed by atoms with Crippen LogP contribution in [-0.2, 0) is 16.6 Å². The Morgan fingerprint density at radius 1 is 1.12 bits per heavy atom. The summed E-state index contributed by atoms with van der Waals surface area (Å²) in [4.78, 5) is 24.5. The fourth-order valence-electron chi connectivity index (χ4n) is 4.27. The van der Waals surface area contributed by atoms with Crippen molar-refractivity contribution in [2.45, 2.75) is 37.5 Å². The molecule has 1 fully saturated rings. The molecule has 174 valence electrons. The van der Waals surface area contributed by atoms with Crippen LogP contribution in [0.5, 0.6) is 0 Å². The highest BCUT2D eigenvalue weighted by Crippen LogP contribution is 2.43. The van der Waals surface area contributed by atoms with Crippen molar-refractivity contribution in [3.05, 3.63) is 64.1 Å². The van der Waals surface area contributed by atoms with Crippen LogP contribution in [0.1, 0.15) is 47.3 Å². The third-order valence-electron chi connectivity index (χ3n) is 5.98. The maximum Gasteiger partial charge on any atom is 0.417 e. The highest BCUT2D eigenvalue weighted by atomic mass is 35.5. The predicted molar refractivity (Wildman–Crippen MR) is 109 cm³/mol. The van der Waals surface area contributed by atoms with Crippen LogP contribution in [0.4, 0.5) is 17.6 Å². The monoisotopic (exact) mass is 484 g/mol. The zero-order valence-electron chi connectivity index (χ0n) is 16.9. The Morgan fingerprint density at radius 2 is 1.76 bits per heavy atom. The summed E-state index contributed by atoms with van der Waals surface area (Å²) in [5.74, 6) is -3.78. The standard InChI is InChI=1S/C22H17ClF4N2O4/c23-13-4-1-3-12(22(25,26)27)16(13)19(30)29-15-6-2-5-14(24)17(15)18(28-29)21(33)9-7-11(8-10-21)20(31)32/h1-6,11,33H,7-10H2,(H,31,32). The van der Waals surface area contributed by atoms with Gasteiger partial charge < -0.3 is 10.2 Å². The zero-order valence-corrected chi connectivity index (χ0v) is 17.6. The second-order valence-corrected chi connectivity index (χ2v) is 8.41. The van der Waals surface area contributed by atoms with Crippen molar-refractivity contribution in [3.8, 4) is 0 Å². The Morgan fingerprint density at radius 3 is 2.36 bits per heavy atom. The molecule has 0 amide bonds. The summed E-state index contributed by atoms with van der Waals surface area (Å²) in [6.07, 6.45) is -4.85. The number of benzene rings is 2. The van der Waals surface area contributed by atoms with E-state index in [1.54, 1.807) is 0 Å². The Balaban J connectivity index is 1.88. The molecule has 3 aromatic rings. The van der Waals surface area contributed by atoms with E-state index in [1.807, 2.05) is 0 Å². The highest BCUT2D eigenvalue weighted by Gasteiger charge is 2.42. The molecule has 4 rings (SSSR count). The van der Waals surface area contributed by atoms with Crippen LogP contribution < -0.4 is 0 Å². The lowest BCUT2D eigenvalue weighted by atomic mass is 9.76. The SMILES string of the molecule is O=C(O)C1CCC(O)(c2nn(C(=O)c3c(Cl)cccc3C(F)(F)F)c3cccc(F)c23)CC1. The molecule has 1 aromatic heterocycles. The number of halogens is 5. The lowest BCUT2D eigenvalue weighted by Gasteiger charge is -2.33. The first-order valence-corrected chi connectivity index (χ1v) is 10.3. The number of aliphatic carboxylic acids is 1. The first-order chi connectivity index (χ1) is 15.4. The number of fused-ring (bicyclic) bond motifs is 1. The van der Waals surface area contributed by atoms with Crippen LogP contribution in [-0.4, -0.2) is 31.9 Å². The van der Waals surface area contributed by atoms with Gasteiger partial charge in [-0.15, -0.1) is 0 Å². The molecule has 1 aliphatic carbocycles. The summed E-state index contributed by atoms with van der Waals surface area (Å²) >= 11 is 5.95. The minimum absolute atomic E-state index is 0.0709. The topological polar surface area (TPSA) is 92.4 Å². The third-order valence-corrected chi connectivity index (χ3v) is 6.30. The number of carbonyl (C=O) groups is 2. The molecule has 2 aromatic carbocycles. The molecule has 0 bridgehead atoms. The van der Waals surface area contributed by atoms with E-state index in [2.05, 4.69) is 5.10 Å². The van der Waals surface area contributed by atoms with Crippen LogP contribution in [0.15, 0.2) is 36.4 Å². The van der Waals surface area contributed by atoms with Gasteiger partial charge in [-0.25, -0.2) is 4.39 Å². The summed E-state index contributed by atoms with van der Waals surface area (Å²) in [6, 6.07) is 6.51. The van der Waals surface area contributed by atoms with Crippen LogP contribution in [0.25, 0.3) is 10.9 Å². The first kappa shape index (κ1) is 23.2. The van der Waals surface area contributed by atoms with Gasteiger partial charge in [-0.1, -0.05) is 23.7 Å². The number of aromatic nitrogens is 2. The van der Waals surface area contributed by atoms with Crippen molar-refractivity contribution in [1.82, 2.24) is 9.78 Å². The number of carboxylic acid groups (broad SMARTS) is 1. The summed E-state index contributed by atoms with van der Waals surface area (Å²) in [5.41, 5.74) is -4.26. The maximum absolute atomic E-state index is 14.8. The normalized spacial score (nSPS) is 21.3. The number of hydrogen-bond donors (Lipinski definition) is 2. The molecular formula is C22H17ClF4N2O4. The summed E-state index contributed by atoms with van der Waals surface area (Å²) < 4.78 is 56.1. The second-order valence-electron chi connectivity index (χ2n) is 8.00. The van der Waals surface area contributed by atoms with Crippen LogP contribution >= 0.6 is 11.6 Å². The first-order valence-electron chi connectivity index (χ1n) is 9.97. The fourth-order valence-corrected chi connectivity index (χ4v) is 4.53. The predicted octanol–water partition coefficient (Wildman–Crippen LogP) is 5.00. The van der Waals surface area contributed by atoms with Gasteiger partial charge in [0.05, 0.1) is 33.0 Å². The molecule has 2 N–H and O–H groups in total. The van der Waals surface area contributed by atoms with Crippen molar-refractivity contribution < 1.29 is 37.4 Å². The number of carboxylic acids is 1. The van der Waals surface area contributed by atoms with E-state index in [9.17, 15) is 37.4 Å². The van der Waals surface area contributed by atoms with Crippen LogP contribution in [0, 0.1) is 11.7 Å². The van der Waals surface area contributed by atoms with Gasteiger partial charge in [-0.3, -0.25) is 9.59 Å². The van der Waals surface area contributed by atoms with Gasteiger partial charge in [-0.2, -0.15) is 23.0 Å². The third kappa shape index (κ3) is 3.97. The van der Waals surface area contributed by atoms with E-state index in [-0.39, 0.29) is 42.3 Å². The Bertz CT molecular complexity index is 1260. The van der Waals surface area contributed by atoms with E-state index >= 15 is 0 Å².